The third-order valence-electron chi connectivity index (χ3n) is 3.70. The highest BCUT2D eigenvalue weighted by molar-refractivity contribution is 6.11. The Balaban J connectivity index is 1.91. The first-order chi connectivity index (χ1) is 12.2. The topological polar surface area (TPSA) is 81.3 Å². The average Bonchev–Trinajstić information content (AvgIpc) is 3.16. The number of nitrogens with zero attached hydrogens (tertiary/aromatic N) is 1. The van der Waals surface area contributed by atoms with Crippen molar-refractivity contribution in [2.45, 2.75) is 12.6 Å². The second-order valence-corrected chi connectivity index (χ2v) is 5.38. The maximum Gasteiger partial charge on any atom is 0.251 e. The molecular weight excluding hydrogens is 320 g/mol. The first-order valence-corrected chi connectivity index (χ1v) is 7.73. The average molecular weight is 336 g/mol. The van der Waals surface area contributed by atoms with Gasteiger partial charge in [0.2, 0.25) is 0 Å². The molecule has 1 amide bonds. The number of carbonyl (C=O) groups is 2. The fourth-order valence-corrected chi connectivity index (χ4v) is 2.47. The van der Waals surface area contributed by atoms with E-state index in [0.717, 1.165) is 4.57 Å². The Hall–Kier alpha value is -3.41. The third kappa shape index (κ3) is 3.74. The molecule has 0 saturated heterocycles. The maximum absolute atomic E-state index is 12.9. The summed E-state index contributed by atoms with van der Waals surface area (Å²) in [5.74, 6) is -0.468. The van der Waals surface area contributed by atoms with Crippen LogP contribution in [0.2, 0.25) is 0 Å². The van der Waals surface area contributed by atoms with Crippen LogP contribution in [-0.2, 0) is 11.3 Å². The van der Waals surface area contributed by atoms with E-state index >= 15 is 0 Å². The van der Waals surface area contributed by atoms with Gasteiger partial charge in [0.25, 0.3) is 11.5 Å². The number of hydrogen-bond donors (Lipinski definition) is 1. The van der Waals surface area contributed by atoms with E-state index in [9.17, 15) is 14.4 Å². The first-order valence-electron chi connectivity index (χ1n) is 7.73. The Kier molecular flexibility index (Phi) is 4.89. The molecule has 3 aromatic rings. The molecule has 0 unspecified atom stereocenters. The number of carbonyl (C=O) groups excluding carboxylic acids is 2. The minimum absolute atomic E-state index is 0.131. The van der Waals surface area contributed by atoms with Gasteiger partial charge >= 0.3 is 0 Å². The van der Waals surface area contributed by atoms with Gasteiger partial charge in [0.1, 0.15) is 5.76 Å². The van der Waals surface area contributed by atoms with Crippen LogP contribution in [0, 0.1) is 0 Å². The van der Waals surface area contributed by atoms with E-state index in [1.54, 1.807) is 54.6 Å². The van der Waals surface area contributed by atoms with Gasteiger partial charge in [-0.1, -0.05) is 36.4 Å². The highest BCUT2D eigenvalue weighted by Crippen LogP contribution is 2.14. The summed E-state index contributed by atoms with van der Waals surface area (Å²) in [5, 5.41) is 2.65. The summed E-state index contributed by atoms with van der Waals surface area (Å²) in [5.41, 5.74) is -0.0682. The number of Topliss-reactive ketones (excluding diaryl/α,β-unsaturated/α-hetero) is 1. The van der Waals surface area contributed by atoms with Gasteiger partial charge in [-0.05, 0) is 18.2 Å². The fourth-order valence-electron chi connectivity index (χ4n) is 2.47. The van der Waals surface area contributed by atoms with Crippen LogP contribution in [0.15, 0.2) is 82.3 Å². The predicted molar refractivity (Wildman–Crippen MR) is 91.1 cm³/mol. The summed E-state index contributed by atoms with van der Waals surface area (Å²) in [6.07, 6.45) is 2.93. The normalized spacial score (nSPS) is 11.7. The van der Waals surface area contributed by atoms with E-state index < -0.39 is 23.3 Å². The Morgan fingerprint density at radius 3 is 2.44 bits per heavy atom. The van der Waals surface area contributed by atoms with Crippen molar-refractivity contribution in [1.29, 1.82) is 0 Å². The van der Waals surface area contributed by atoms with Crippen LogP contribution >= 0.6 is 0 Å². The smallest absolute Gasteiger partial charge is 0.251 e. The van der Waals surface area contributed by atoms with Crippen LogP contribution in [0.4, 0.5) is 0 Å². The Bertz CT molecular complexity index is 914. The number of hydrogen-bond acceptors (Lipinski definition) is 4. The summed E-state index contributed by atoms with van der Waals surface area (Å²) in [4.78, 5) is 37.7. The lowest BCUT2D eigenvalue weighted by Gasteiger charge is -2.18. The molecule has 0 spiro atoms. The predicted octanol–water partition coefficient (Wildman–Crippen LogP) is 2.18. The lowest BCUT2D eigenvalue weighted by Crippen LogP contribution is -2.40. The van der Waals surface area contributed by atoms with E-state index in [0.29, 0.717) is 11.3 Å². The van der Waals surface area contributed by atoms with Crippen molar-refractivity contribution in [2.75, 3.05) is 0 Å². The fraction of sp³-hybridized carbons (Fsp3) is 0.105. The van der Waals surface area contributed by atoms with Gasteiger partial charge in [-0.15, -0.1) is 0 Å². The standard InChI is InChI=1S/C19H16N2O4/c22-16-10-4-5-11-21(16)17(18(23)14-7-2-1-3-8-14)19(24)20-13-15-9-6-12-25-15/h1-12,17H,13H2,(H,20,24)/t17-/m1/s1. The highest BCUT2D eigenvalue weighted by Gasteiger charge is 2.29. The van der Waals surface area contributed by atoms with Crippen molar-refractivity contribution >= 4 is 11.7 Å². The van der Waals surface area contributed by atoms with Gasteiger partial charge < -0.3 is 9.73 Å². The molecule has 2 heterocycles. The summed E-state index contributed by atoms with van der Waals surface area (Å²) >= 11 is 0. The molecule has 1 aromatic carbocycles. The molecule has 1 atom stereocenters. The van der Waals surface area contributed by atoms with Crippen LogP contribution in [0.3, 0.4) is 0 Å². The van der Waals surface area contributed by atoms with Crippen LogP contribution < -0.4 is 10.9 Å². The Morgan fingerprint density at radius 1 is 1.00 bits per heavy atom. The number of pyridine rings is 1. The zero-order valence-corrected chi connectivity index (χ0v) is 13.3. The zero-order valence-electron chi connectivity index (χ0n) is 13.3. The minimum Gasteiger partial charge on any atom is -0.467 e. The molecule has 1 N–H and O–H groups in total. The molecule has 0 saturated carbocycles. The second-order valence-electron chi connectivity index (χ2n) is 5.38. The number of furan rings is 1. The molecule has 0 aliphatic carbocycles. The molecule has 126 valence electrons. The van der Waals surface area contributed by atoms with Crippen LogP contribution in [0.5, 0.6) is 0 Å². The van der Waals surface area contributed by atoms with Gasteiger partial charge in [-0.3, -0.25) is 19.0 Å². The summed E-state index contributed by atoms with van der Waals surface area (Å²) in [6, 6.07) is 15.0. The van der Waals surface area contributed by atoms with Crippen molar-refractivity contribution in [1.82, 2.24) is 9.88 Å². The zero-order chi connectivity index (χ0) is 17.6. The second kappa shape index (κ2) is 7.44. The van der Waals surface area contributed by atoms with E-state index in [2.05, 4.69) is 5.32 Å². The molecular formula is C19H16N2O4. The van der Waals surface area contributed by atoms with Crippen molar-refractivity contribution in [3.05, 3.63) is 94.8 Å². The third-order valence-corrected chi connectivity index (χ3v) is 3.70. The number of ketones is 1. The Labute approximate surface area is 143 Å². The van der Waals surface area contributed by atoms with Crippen molar-refractivity contribution in [3.8, 4) is 0 Å². The van der Waals surface area contributed by atoms with Gasteiger partial charge in [0.05, 0.1) is 12.8 Å². The van der Waals surface area contributed by atoms with Crippen molar-refractivity contribution in [2.24, 2.45) is 0 Å². The monoisotopic (exact) mass is 336 g/mol. The molecule has 0 aliphatic rings. The van der Waals surface area contributed by atoms with E-state index in [1.165, 1.54) is 18.5 Å². The van der Waals surface area contributed by atoms with E-state index in [4.69, 9.17) is 4.42 Å². The molecule has 0 aliphatic heterocycles. The molecule has 0 radical (unpaired) electrons. The highest BCUT2D eigenvalue weighted by atomic mass is 16.3. The van der Waals surface area contributed by atoms with Crippen LogP contribution in [0.1, 0.15) is 22.2 Å². The van der Waals surface area contributed by atoms with E-state index in [-0.39, 0.29) is 6.54 Å². The SMILES string of the molecule is O=C(NCc1ccco1)[C@@H](C(=O)c1ccccc1)n1ccccc1=O. The molecule has 6 nitrogen and oxygen atoms in total. The van der Waals surface area contributed by atoms with Gasteiger partial charge in [-0.2, -0.15) is 0 Å². The summed E-state index contributed by atoms with van der Waals surface area (Å²) < 4.78 is 6.30. The quantitative estimate of drug-likeness (QED) is 0.552. The number of aromatic nitrogens is 1. The number of amides is 1. The number of nitrogens with one attached hydrogen (secondary N) is 1. The first kappa shape index (κ1) is 16.4. The molecule has 0 bridgehead atoms. The maximum atomic E-state index is 12.9. The summed E-state index contributed by atoms with van der Waals surface area (Å²) in [6.45, 7) is 0.131. The number of rotatable bonds is 6. The lowest BCUT2D eigenvalue weighted by molar-refractivity contribution is -0.123. The molecule has 2 aromatic heterocycles. The molecule has 3 rings (SSSR count). The van der Waals surface area contributed by atoms with Gasteiger partial charge in [-0.25, -0.2) is 0 Å². The molecule has 0 fully saturated rings. The Morgan fingerprint density at radius 2 is 1.76 bits per heavy atom. The lowest BCUT2D eigenvalue weighted by atomic mass is 10.0. The van der Waals surface area contributed by atoms with Gasteiger partial charge in [0, 0.05) is 17.8 Å². The molecule has 6 heteroatoms. The van der Waals surface area contributed by atoms with Crippen molar-refractivity contribution < 1.29 is 14.0 Å². The largest absolute Gasteiger partial charge is 0.467 e. The summed E-state index contributed by atoms with van der Waals surface area (Å²) in [7, 11) is 0. The van der Waals surface area contributed by atoms with Crippen molar-refractivity contribution in [3.63, 3.8) is 0 Å². The number of benzene rings is 1. The van der Waals surface area contributed by atoms with E-state index in [1.807, 2.05) is 0 Å². The minimum atomic E-state index is -1.29. The van der Waals surface area contributed by atoms with Crippen LogP contribution in [0.25, 0.3) is 0 Å². The van der Waals surface area contributed by atoms with Crippen LogP contribution in [-0.4, -0.2) is 16.3 Å². The molecule has 25 heavy (non-hydrogen) atoms. The van der Waals surface area contributed by atoms with Gasteiger partial charge in [0.15, 0.2) is 11.8 Å².